The highest BCUT2D eigenvalue weighted by atomic mass is 79.9. The van der Waals surface area contributed by atoms with Crippen molar-refractivity contribution < 1.29 is 0 Å². The van der Waals surface area contributed by atoms with E-state index < -0.39 is 0 Å². The standard InChI is InChI=1S/C22H17BrN2O/c1-15-21(24-17-13-11-16(23)12-14-17)19-9-5-6-10-20(19)25(22(15)26)18-7-3-2-4-8-18/h2-14,24H,1H3. The van der Waals surface area contributed by atoms with Gasteiger partial charge in [0.15, 0.2) is 0 Å². The van der Waals surface area contributed by atoms with Gasteiger partial charge in [0.2, 0.25) is 0 Å². The van der Waals surface area contributed by atoms with Crippen LogP contribution in [0.4, 0.5) is 11.4 Å². The van der Waals surface area contributed by atoms with E-state index >= 15 is 0 Å². The molecule has 4 aromatic rings. The first kappa shape index (κ1) is 16.6. The number of hydrogen-bond donors (Lipinski definition) is 1. The molecule has 1 heterocycles. The Balaban J connectivity index is 1.97. The fraction of sp³-hybridized carbons (Fsp3) is 0.0455. The van der Waals surface area contributed by atoms with Crippen LogP contribution in [0.3, 0.4) is 0 Å². The highest BCUT2D eigenvalue weighted by molar-refractivity contribution is 9.10. The first-order chi connectivity index (χ1) is 12.6. The highest BCUT2D eigenvalue weighted by Crippen LogP contribution is 2.29. The number of benzene rings is 3. The van der Waals surface area contributed by atoms with Gasteiger partial charge in [-0.3, -0.25) is 9.36 Å². The maximum absolute atomic E-state index is 13.2. The second-order valence-corrected chi connectivity index (χ2v) is 7.04. The summed E-state index contributed by atoms with van der Waals surface area (Å²) in [5, 5.41) is 4.44. The molecule has 128 valence electrons. The molecule has 0 aliphatic rings. The van der Waals surface area contributed by atoms with E-state index in [1.807, 2.05) is 85.8 Å². The van der Waals surface area contributed by atoms with E-state index in [9.17, 15) is 4.79 Å². The molecule has 3 aromatic carbocycles. The SMILES string of the molecule is Cc1c(Nc2ccc(Br)cc2)c2ccccc2n(-c2ccccc2)c1=O. The molecule has 4 heteroatoms. The van der Waals surface area contributed by atoms with E-state index in [1.165, 1.54) is 0 Å². The van der Waals surface area contributed by atoms with Crippen molar-refractivity contribution in [2.75, 3.05) is 5.32 Å². The Morgan fingerprint density at radius 2 is 1.50 bits per heavy atom. The van der Waals surface area contributed by atoms with Crippen LogP contribution in [0.25, 0.3) is 16.6 Å². The van der Waals surface area contributed by atoms with Gasteiger partial charge in [0.05, 0.1) is 11.2 Å². The zero-order valence-corrected chi connectivity index (χ0v) is 15.8. The van der Waals surface area contributed by atoms with Crippen molar-refractivity contribution in [1.82, 2.24) is 4.57 Å². The molecule has 0 unspecified atom stereocenters. The van der Waals surface area contributed by atoms with Gasteiger partial charge < -0.3 is 5.32 Å². The van der Waals surface area contributed by atoms with Gasteiger partial charge >= 0.3 is 0 Å². The van der Waals surface area contributed by atoms with Crippen molar-refractivity contribution in [3.8, 4) is 5.69 Å². The minimum Gasteiger partial charge on any atom is -0.355 e. The lowest BCUT2D eigenvalue weighted by Crippen LogP contribution is -2.22. The average molecular weight is 405 g/mol. The van der Waals surface area contributed by atoms with Crippen molar-refractivity contribution in [2.45, 2.75) is 6.92 Å². The predicted molar refractivity (Wildman–Crippen MR) is 112 cm³/mol. The van der Waals surface area contributed by atoms with Crippen molar-refractivity contribution in [2.24, 2.45) is 0 Å². The summed E-state index contributed by atoms with van der Waals surface area (Å²) in [6.45, 7) is 1.87. The molecular formula is C22H17BrN2O. The molecule has 0 saturated heterocycles. The molecule has 0 fully saturated rings. The van der Waals surface area contributed by atoms with Gasteiger partial charge in [0.1, 0.15) is 0 Å². The van der Waals surface area contributed by atoms with E-state index in [1.54, 1.807) is 4.57 Å². The zero-order valence-electron chi connectivity index (χ0n) is 14.2. The van der Waals surface area contributed by atoms with Crippen LogP contribution >= 0.6 is 15.9 Å². The van der Waals surface area contributed by atoms with Crippen LogP contribution in [0.15, 0.2) is 88.1 Å². The van der Waals surface area contributed by atoms with Crippen molar-refractivity contribution in [1.29, 1.82) is 0 Å². The van der Waals surface area contributed by atoms with Crippen molar-refractivity contribution in [3.63, 3.8) is 0 Å². The molecule has 1 N–H and O–H groups in total. The van der Waals surface area contributed by atoms with Crippen LogP contribution in [-0.4, -0.2) is 4.57 Å². The average Bonchev–Trinajstić information content (AvgIpc) is 2.68. The molecule has 4 rings (SSSR count). The summed E-state index contributed by atoms with van der Waals surface area (Å²) in [6.07, 6.45) is 0. The van der Waals surface area contributed by atoms with E-state index in [0.717, 1.165) is 32.4 Å². The normalized spacial score (nSPS) is 10.8. The summed E-state index contributed by atoms with van der Waals surface area (Å²) in [5.74, 6) is 0. The van der Waals surface area contributed by atoms with Gasteiger partial charge in [0.25, 0.3) is 5.56 Å². The van der Waals surface area contributed by atoms with Crippen molar-refractivity contribution >= 4 is 38.2 Å². The molecule has 0 saturated carbocycles. The molecule has 0 spiro atoms. The predicted octanol–water partition coefficient (Wildman–Crippen LogP) is 5.81. The Hall–Kier alpha value is -2.85. The lowest BCUT2D eigenvalue weighted by Gasteiger charge is -2.17. The summed E-state index contributed by atoms with van der Waals surface area (Å²) in [5.41, 5.74) is 4.21. The van der Waals surface area contributed by atoms with Gasteiger partial charge in [-0.05, 0) is 49.4 Å². The topological polar surface area (TPSA) is 34.0 Å². The Kier molecular flexibility index (Phi) is 4.35. The number of aromatic nitrogens is 1. The smallest absolute Gasteiger partial charge is 0.260 e. The number of nitrogens with zero attached hydrogens (tertiary/aromatic N) is 1. The number of pyridine rings is 1. The maximum Gasteiger partial charge on any atom is 0.260 e. The maximum atomic E-state index is 13.2. The third-order valence-electron chi connectivity index (χ3n) is 4.44. The summed E-state index contributed by atoms with van der Waals surface area (Å²) >= 11 is 3.45. The summed E-state index contributed by atoms with van der Waals surface area (Å²) < 4.78 is 2.79. The largest absolute Gasteiger partial charge is 0.355 e. The van der Waals surface area contributed by atoms with Gasteiger partial charge in [0, 0.05) is 26.8 Å². The molecule has 0 atom stereocenters. The number of anilines is 2. The molecule has 1 aromatic heterocycles. The van der Waals surface area contributed by atoms with Crippen LogP contribution in [0, 0.1) is 6.92 Å². The molecule has 0 aliphatic heterocycles. The summed E-state index contributed by atoms with van der Waals surface area (Å²) in [4.78, 5) is 13.2. The van der Waals surface area contributed by atoms with E-state index in [2.05, 4.69) is 21.2 Å². The first-order valence-corrected chi connectivity index (χ1v) is 9.17. The number of rotatable bonds is 3. The Labute approximate surface area is 160 Å². The fourth-order valence-corrected chi connectivity index (χ4v) is 3.40. The van der Waals surface area contributed by atoms with E-state index in [0.29, 0.717) is 5.56 Å². The number of halogens is 1. The number of nitrogens with one attached hydrogen (secondary N) is 1. The molecule has 3 nitrogen and oxygen atoms in total. The minimum atomic E-state index is -0.0190. The van der Waals surface area contributed by atoms with Crippen LogP contribution in [0.1, 0.15) is 5.56 Å². The molecule has 26 heavy (non-hydrogen) atoms. The number of fused-ring (bicyclic) bond motifs is 1. The third kappa shape index (κ3) is 2.93. The van der Waals surface area contributed by atoms with Gasteiger partial charge in [-0.1, -0.05) is 52.3 Å². The Bertz CT molecular complexity index is 1130. The van der Waals surface area contributed by atoms with Crippen LogP contribution in [0.2, 0.25) is 0 Å². The number of hydrogen-bond acceptors (Lipinski definition) is 2. The van der Waals surface area contributed by atoms with Crippen LogP contribution in [-0.2, 0) is 0 Å². The minimum absolute atomic E-state index is 0.0190. The van der Waals surface area contributed by atoms with Crippen molar-refractivity contribution in [3.05, 3.63) is 99.3 Å². The van der Waals surface area contributed by atoms with Gasteiger partial charge in [-0.15, -0.1) is 0 Å². The molecule has 0 aliphatic carbocycles. The lowest BCUT2D eigenvalue weighted by molar-refractivity contribution is 1.02. The second-order valence-electron chi connectivity index (χ2n) is 6.13. The zero-order chi connectivity index (χ0) is 18.1. The molecule has 0 radical (unpaired) electrons. The van der Waals surface area contributed by atoms with Gasteiger partial charge in [-0.2, -0.15) is 0 Å². The Morgan fingerprint density at radius 1 is 0.846 bits per heavy atom. The van der Waals surface area contributed by atoms with E-state index in [-0.39, 0.29) is 5.56 Å². The molecule has 0 amide bonds. The number of para-hydroxylation sites is 2. The van der Waals surface area contributed by atoms with Gasteiger partial charge in [-0.25, -0.2) is 0 Å². The fourth-order valence-electron chi connectivity index (χ4n) is 3.14. The quantitative estimate of drug-likeness (QED) is 0.467. The lowest BCUT2D eigenvalue weighted by atomic mass is 10.1. The first-order valence-electron chi connectivity index (χ1n) is 8.37. The highest BCUT2D eigenvalue weighted by Gasteiger charge is 2.14. The Morgan fingerprint density at radius 3 is 2.23 bits per heavy atom. The molecular weight excluding hydrogens is 388 g/mol. The second kappa shape index (κ2) is 6.81. The summed E-state index contributed by atoms with van der Waals surface area (Å²) in [7, 11) is 0. The molecule has 0 bridgehead atoms. The summed E-state index contributed by atoms with van der Waals surface area (Å²) in [6, 6.07) is 25.7. The third-order valence-corrected chi connectivity index (χ3v) is 4.97. The van der Waals surface area contributed by atoms with Crippen LogP contribution in [0.5, 0.6) is 0 Å². The monoisotopic (exact) mass is 404 g/mol. The van der Waals surface area contributed by atoms with E-state index in [4.69, 9.17) is 0 Å². The van der Waals surface area contributed by atoms with Crippen LogP contribution < -0.4 is 10.9 Å².